The molecule has 2 N–H and O–H groups in total. The van der Waals surface area contributed by atoms with Crippen LogP contribution in [0.4, 0.5) is 26.0 Å². The van der Waals surface area contributed by atoms with Gasteiger partial charge in [-0.05, 0) is 30.7 Å². The lowest BCUT2D eigenvalue weighted by Crippen LogP contribution is -2.34. The third kappa shape index (κ3) is 4.41. The molecule has 3 heterocycles. The van der Waals surface area contributed by atoms with Crippen molar-refractivity contribution < 1.29 is 28.1 Å². The molecular formula is C22H22F2N4O4S. The molecule has 0 bridgehead atoms. The van der Waals surface area contributed by atoms with Crippen molar-refractivity contribution in [2.24, 2.45) is 4.36 Å². The highest BCUT2D eigenvalue weighted by molar-refractivity contribution is 7.85. The fourth-order valence-electron chi connectivity index (χ4n) is 4.02. The number of benzene rings is 2. The molecule has 2 aromatic carbocycles. The number of anilines is 2. The Bertz CT molecular complexity index is 1240. The molecule has 8 nitrogen and oxygen atoms in total. The minimum atomic E-state index is -0.725. The van der Waals surface area contributed by atoms with Crippen LogP contribution in [0.25, 0.3) is 10.9 Å². The number of nitrogens with one attached hydrogen (secondary N) is 1. The summed E-state index contributed by atoms with van der Waals surface area (Å²) in [7, 11) is -0.256. The highest BCUT2D eigenvalue weighted by atomic mass is 32.2. The molecule has 2 fully saturated rings. The quantitative estimate of drug-likeness (QED) is 0.583. The van der Waals surface area contributed by atoms with E-state index in [9.17, 15) is 9.50 Å². The van der Waals surface area contributed by atoms with Gasteiger partial charge in [-0.2, -0.15) is 0 Å². The largest absolute Gasteiger partial charge is 0.483 e. The average Bonchev–Trinajstić information content (AvgIpc) is 3.32. The number of hydrogen-bond donors (Lipinski definition) is 2. The first-order valence-corrected chi connectivity index (χ1v) is 12.3. The summed E-state index contributed by atoms with van der Waals surface area (Å²) in [6, 6.07) is 7.00. The molecule has 33 heavy (non-hydrogen) atoms. The van der Waals surface area contributed by atoms with E-state index in [1.807, 2.05) is 12.5 Å². The van der Waals surface area contributed by atoms with Crippen LogP contribution in [0.1, 0.15) is 0 Å². The lowest BCUT2D eigenvalue weighted by molar-refractivity contribution is 0.00871. The van der Waals surface area contributed by atoms with E-state index in [0.717, 1.165) is 0 Å². The average molecular weight is 477 g/mol. The Labute approximate surface area is 191 Å². The molecule has 0 saturated carbocycles. The Kier molecular flexibility index (Phi) is 5.95. The predicted molar refractivity (Wildman–Crippen MR) is 120 cm³/mol. The maximum Gasteiger partial charge on any atom is 0.151 e. The number of aromatic nitrogens is 2. The summed E-state index contributed by atoms with van der Waals surface area (Å²) in [5.74, 6) is -0.628. The van der Waals surface area contributed by atoms with E-state index >= 15 is 4.39 Å². The van der Waals surface area contributed by atoms with Crippen molar-refractivity contribution in [1.82, 2.24) is 9.97 Å². The molecule has 174 valence electrons. The molecule has 0 amide bonds. The molecule has 11 heteroatoms. The summed E-state index contributed by atoms with van der Waals surface area (Å²) in [6.45, 7) is 0.345. The van der Waals surface area contributed by atoms with Crippen LogP contribution in [0.15, 0.2) is 41.0 Å². The van der Waals surface area contributed by atoms with Gasteiger partial charge >= 0.3 is 0 Å². The standard InChI is InChI=1S/C22H22F2N4O4S/c1-33(2)28-12-6-13(24)19-15(7-12)25-10-26-22(19)27-14-4-3-11(23)5-17(14)32-18-9-31-20-16(29)8-30-21(18)20/h3-7,10,16,18,20-21,29H,8-9H2,1-2H3,(H,25,26,27)/t16?,18-,20?,21?/m1/s1. The maximum atomic E-state index is 15.0. The van der Waals surface area contributed by atoms with E-state index in [4.69, 9.17) is 14.2 Å². The van der Waals surface area contributed by atoms with Crippen molar-refractivity contribution in [1.29, 1.82) is 0 Å². The zero-order valence-corrected chi connectivity index (χ0v) is 18.7. The van der Waals surface area contributed by atoms with Gasteiger partial charge in [0.2, 0.25) is 0 Å². The van der Waals surface area contributed by atoms with Crippen LogP contribution < -0.4 is 10.1 Å². The van der Waals surface area contributed by atoms with Gasteiger partial charge in [0.05, 0.1) is 35.5 Å². The fourth-order valence-corrected chi connectivity index (χ4v) is 4.55. The van der Waals surface area contributed by atoms with Gasteiger partial charge in [-0.1, -0.05) is 0 Å². The van der Waals surface area contributed by atoms with Crippen molar-refractivity contribution in [3.63, 3.8) is 0 Å². The summed E-state index contributed by atoms with van der Waals surface area (Å²) in [5, 5.41) is 13.2. The van der Waals surface area contributed by atoms with Crippen molar-refractivity contribution in [2.45, 2.75) is 24.4 Å². The third-order valence-corrected chi connectivity index (χ3v) is 6.00. The second kappa shape index (κ2) is 8.90. The van der Waals surface area contributed by atoms with Gasteiger partial charge in [0.15, 0.2) is 6.10 Å². The lowest BCUT2D eigenvalue weighted by atomic mass is 10.1. The molecule has 1 aromatic heterocycles. The monoisotopic (exact) mass is 476 g/mol. The fraction of sp³-hybridized carbons (Fsp3) is 0.364. The Morgan fingerprint density at radius 1 is 1.12 bits per heavy atom. The molecular weight excluding hydrogens is 454 g/mol. The number of fused-ring (bicyclic) bond motifs is 2. The van der Waals surface area contributed by atoms with Crippen molar-refractivity contribution >= 4 is 38.8 Å². The summed E-state index contributed by atoms with van der Waals surface area (Å²) < 4.78 is 50.6. The molecule has 3 aromatic rings. The van der Waals surface area contributed by atoms with Crippen LogP contribution in [-0.2, 0) is 20.2 Å². The van der Waals surface area contributed by atoms with Crippen LogP contribution in [0.2, 0.25) is 0 Å². The highest BCUT2D eigenvalue weighted by Crippen LogP contribution is 2.36. The topological polar surface area (TPSA) is 98.1 Å². The van der Waals surface area contributed by atoms with Crippen LogP contribution in [0.5, 0.6) is 5.75 Å². The van der Waals surface area contributed by atoms with E-state index in [2.05, 4.69) is 19.6 Å². The summed E-state index contributed by atoms with van der Waals surface area (Å²) in [4.78, 5) is 8.37. The lowest BCUT2D eigenvalue weighted by Gasteiger charge is -2.20. The van der Waals surface area contributed by atoms with E-state index in [0.29, 0.717) is 16.9 Å². The van der Waals surface area contributed by atoms with E-state index < -0.39 is 36.1 Å². The van der Waals surface area contributed by atoms with Crippen LogP contribution in [0, 0.1) is 11.6 Å². The van der Waals surface area contributed by atoms with Gasteiger partial charge in [-0.15, -0.1) is 10.7 Å². The SMILES string of the molecule is CS(C)=Nc1cc(F)c2c(Nc3ccc(F)cc3O[C@@H]3COC4C(O)COC43)ncnc2c1. The molecule has 0 radical (unpaired) electrons. The van der Waals surface area contributed by atoms with Gasteiger partial charge in [0.1, 0.15) is 47.8 Å². The normalized spacial score (nSPS) is 24.3. The van der Waals surface area contributed by atoms with E-state index in [1.165, 1.54) is 30.6 Å². The van der Waals surface area contributed by atoms with Gasteiger partial charge in [-0.3, -0.25) is 0 Å². The zero-order valence-electron chi connectivity index (χ0n) is 17.9. The first kappa shape index (κ1) is 22.1. The molecule has 3 unspecified atom stereocenters. The van der Waals surface area contributed by atoms with E-state index in [-0.39, 0.29) is 40.9 Å². The van der Waals surface area contributed by atoms with Gasteiger partial charge in [-0.25, -0.2) is 23.1 Å². The number of halogens is 2. The molecule has 2 saturated heterocycles. The molecule has 0 spiro atoms. The van der Waals surface area contributed by atoms with Gasteiger partial charge in [0.25, 0.3) is 0 Å². The van der Waals surface area contributed by atoms with Crippen molar-refractivity contribution in [2.75, 3.05) is 31.0 Å². The minimum Gasteiger partial charge on any atom is -0.483 e. The number of aliphatic hydroxyl groups excluding tert-OH is 1. The van der Waals surface area contributed by atoms with Crippen molar-refractivity contribution in [3.05, 3.63) is 48.3 Å². The Morgan fingerprint density at radius 3 is 2.76 bits per heavy atom. The van der Waals surface area contributed by atoms with Crippen LogP contribution >= 0.6 is 0 Å². The number of ether oxygens (including phenoxy) is 3. The molecule has 4 atom stereocenters. The summed E-state index contributed by atoms with van der Waals surface area (Å²) >= 11 is 0. The van der Waals surface area contributed by atoms with Crippen LogP contribution in [0.3, 0.4) is 0 Å². The maximum absolute atomic E-state index is 15.0. The Hall–Kier alpha value is -2.73. The Balaban J connectivity index is 1.47. The third-order valence-electron chi connectivity index (χ3n) is 5.42. The minimum absolute atomic E-state index is 0.154. The van der Waals surface area contributed by atoms with Gasteiger partial charge in [0, 0.05) is 12.1 Å². The first-order valence-electron chi connectivity index (χ1n) is 10.3. The van der Waals surface area contributed by atoms with Gasteiger partial charge < -0.3 is 24.6 Å². The number of aliphatic hydroxyl groups is 1. The molecule has 2 aliphatic heterocycles. The highest BCUT2D eigenvalue weighted by Gasteiger charge is 2.48. The smallest absolute Gasteiger partial charge is 0.151 e. The van der Waals surface area contributed by atoms with E-state index in [1.54, 1.807) is 6.07 Å². The van der Waals surface area contributed by atoms with Crippen LogP contribution in [-0.4, -0.2) is 65.2 Å². The second-order valence-electron chi connectivity index (χ2n) is 7.99. The first-order chi connectivity index (χ1) is 15.9. The molecule has 0 aliphatic carbocycles. The number of nitrogens with zero attached hydrogens (tertiary/aromatic N) is 3. The number of hydrogen-bond acceptors (Lipinski definition) is 8. The second-order valence-corrected chi connectivity index (χ2v) is 9.72. The summed E-state index contributed by atoms with van der Waals surface area (Å²) in [5.41, 5.74) is 1.27. The predicted octanol–water partition coefficient (Wildman–Crippen LogP) is 3.25. The molecule has 5 rings (SSSR count). The van der Waals surface area contributed by atoms with Crippen molar-refractivity contribution in [3.8, 4) is 5.75 Å². The zero-order chi connectivity index (χ0) is 23.1. The summed E-state index contributed by atoms with van der Waals surface area (Å²) in [6.07, 6.45) is 2.98. The Morgan fingerprint density at radius 2 is 1.94 bits per heavy atom. The number of rotatable bonds is 5. The molecule has 2 aliphatic rings.